The normalized spacial score (nSPS) is 11.2. The summed E-state index contributed by atoms with van der Waals surface area (Å²) in [7, 11) is -3.53. The van der Waals surface area contributed by atoms with E-state index in [-0.39, 0.29) is 6.54 Å². The van der Waals surface area contributed by atoms with Gasteiger partial charge in [-0.15, -0.1) is 0 Å². The molecule has 0 radical (unpaired) electrons. The van der Waals surface area contributed by atoms with Gasteiger partial charge in [-0.3, -0.25) is 9.10 Å². The molecule has 1 N–H and O–H groups in total. The molecule has 0 saturated carbocycles. The molecule has 176 valence electrons. The van der Waals surface area contributed by atoms with E-state index in [2.05, 4.69) is 17.1 Å². The van der Waals surface area contributed by atoms with Crippen molar-refractivity contribution in [3.05, 3.63) is 108 Å². The number of hydrazone groups is 1. The lowest BCUT2D eigenvalue weighted by Gasteiger charge is -2.23. The van der Waals surface area contributed by atoms with E-state index in [4.69, 9.17) is 4.74 Å². The highest BCUT2D eigenvalue weighted by atomic mass is 32.2. The summed E-state index contributed by atoms with van der Waals surface area (Å²) in [4.78, 5) is 12.5. The van der Waals surface area contributed by atoms with Crippen LogP contribution in [0.5, 0.6) is 5.75 Å². The SMILES string of the molecule is C=CCOc1cccc(/C=N\NC(=O)c2ccc(N(Cc3ccccc3C)S(C)(=O)=O)cc2)c1. The van der Waals surface area contributed by atoms with E-state index >= 15 is 0 Å². The third-order valence-corrected chi connectivity index (χ3v) is 6.14. The molecular formula is C26H27N3O4S. The van der Waals surface area contributed by atoms with Crippen LogP contribution in [0.25, 0.3) is 0 Å². The molecule has 0 bridgehead atoms. The lowest BCUT2D eigenvalue weighted by atomic mass is 10.1. The van der Waals surface area contributed by atoms with Gasteiger partial charge in [0, 0.05) is 5.56 Å². The van der Waals surface area contributed by atoms with Crippen molar-refractivity contribution < 1.29 is 17.9 Å². The molecule has 0 heterocycles. The largest absolute Gasteiger partial charge is 0.490 e. The Hall–Kier alpha value is -3.91. The monoisotopic (exact) mass is 477 g/mol. The Morgan fingerprint density at radius 3 is 2.50 bits per heavy atom. The standard InChI is InChI=1S/C26H27N3O4S/c1-4-16-33-25-11-7-9-21(17-25)18-27-28-26(30)22-12-14-24(15-13-22)29(34(3,31)32)19-23-10-6-5-8-20(23)2/h4-15,17-18H,1,16,19H2,2-3H3,(H,28,30)/b27-18-. The summed E-state index contributed by atoms with van der Waals surface area (Å²) in [5.74, 6) is 0.263. The third-order valence-electron chi connectivity index (χ3n) is 5.00. The molecule has 8 heteroatoms. The van der Waals surface area contributed by atoms with Crippen molar-refractivity contribution in [3.63, 3.8) is 0 Å². The van der Waals surface area contributed by atoms with Crippen LogP contribution >= 0.6 is 0 Å². The first-order valence-electron chi connectivity index (χ1n) is 10.6. The number of anilines is 1. The Morgan fingerprint density at radius 1 is 1.09 bits per heavy atom. The van der Waals surface area contributed by atoms with E-state index < -0.39 is 15.9 Å². The minimum Gasteiger partial charge on any atom is -0.490 e. The second kappa shape index (κ2) is 11.3. The van der Waals surface area contributed by atoms with Gasteiger partial charge in [0.2, 0.25) is 10.0 Å². The number of nitrogens with zero attached hydrogens (tertiary/aromatic N) is 2. The van der Waals surface area contributed by atoms with Crippen LogP contribution in [0.3, 0.4) is 0 Å². The van der Waals surface area contributed by atoms with Crippen LogP contribution in [0.2, 0.25) is 0 Å². The lowest BCUT2D eigenvalue weighted by molar-refractivity contribution is 0.0955. The van der Waals surface area contributed by atoms with Gasteiger partial charge in [0.05, 0.1) is 24.7 Å². The molecule has 7 nitrogen and oxygen atoms in total. The predicted octanol–water partition coefficient (Wildman–Crippen LogP) is 4.29. The summed E-state index contributed by atoms with van der Waals surface area (Å²) in [5, 5.41) is 4.00. The number of benzene rings is 3. The molecule has 0 atom stereocenters. The summed E-state index contributed by atoms with van der Waals surface area (Å²) >= 11 is 0. The van der Waals surface area contributed by atoms with Gasteiger partial charge in [-0.1, -0.05) is 49.1 Å². The maximum atomic E-state index is 12.5. The molecule has 0 fully saturated rings. The molecular weight excluding hydrogens is 450 g/mol. The number of ether oxygens (including phenoxy) is 1. The van der Waals surface area contributed by atoms with Gasteiger partial charge in [0.25, 0.3) is 5.91 Å². The Labute approximate surface area is 200 Å². The van der Waals surface area contributed by atoms with E-state index in [0.717, 1.165) is 22.9 Å². The number of sulfonamides is 1. The molecule has 0 unspecified atom stereocenters. The molecule has 0 aliphatic carbocycles. The zero-order chi connectivity index (χ0) is 24.6. The first kappa shape index (κ1) is 24.7. The summed E-state index contributed by atoms with van der Waals surface area (Å²) in [6.45, 7) is 6.16. The van der Waals surface area contributed by atoms with E-state index in [1.807, 2.05) is 49.4 Å². The van der Waals surface area contributed by atoms with Crippen LogP contribution in [0, 0.1) is 6.92 Å². The average Bonchev–Trinajstić information content (AvgIpc) is 2.82. The topological polar surface area (TPSA) is 88.1 Å². The fourth-order valence-electron chi connectivity index (χ4n) is 3.19. The van der Waals surface area contributed by atoms with Crippen molar-refractivity contribution in [2.45, 2.75) is 13.5 Å². The van der Waals surface area contributed by atoms with E-state index in [1.54, 1.807) is 36.4 Å². The van der Waals surface area contributed by atoms with Crippen molar-refractivity contribution in [1.82, 2.24) is 5.43 Å². The molecule has 34 heavy (non-hydrogen) atoms. The number of rotatable bonds is 10. The minimum atomic E-state index is -3.53. The molecule has 0 saturated heterocycles. The highest BCUT2D eigenvalue weighted by molar-refractivity contribution is 7.92. The third kappa shape index (κ3) is 6.79. The van der Waals surface area contributed by atoms with Gasteiger partial charge in [-0.25, -0.2) is 13.8 Å². The van der Waals surface area contributed by atoms with E-state index in [9.17, 15) is 13.2 Å². The second-order valence-corrected chi connectivity index (χ2v) is 9.52. The fourth-order valence-corrected chi connectivity index (χ4v) is 4.07. The zero-order valence-corrected chi connectivity index (χ0v) is 20.0. The Bertz CT molecular complexity index is 1290. The highest BCUT2D eigenvalue weighted by Gasteiger charge is 2.19. The van der Waals surface area contributed by atoms with Gasteiger partial charge in [0.15, 0.2) is 0 Å². The van der Waals surface area contributed by atoms with Crippen LogP contribution in [0.15, 0.2) is 90.6 Å². The molecule has 1 amide bonds. The van der Waals surface area contributed by atoms with Crippen molar-refractivity contribution >= 4 is 27.8 Å². The number of carbonyl (C=O) groups excluding carboxylic acids is 1. The van der Waals surface area contributed by atoms with Crippen LogP contribution in [0.4, 0.5) is 5.69 Å². The first-order chi connectivity index (χ1) is 16.3. The van der Waals surface area contributed by atoms with Crippen LogP contribution < -0.4 is 14.5 Å². The zero-order valence-electron chi connectivity index (χ0n) is 19.1. The molecule has 3 aromatic rings. The van der Waals surface area contributed by atoms with Gasteiger partial charge < -0.3 is 4.74 Å². The van der Waals surface area contributed by atoms with Crippen molar-refractivity contribution in [3.8, 4) is 5.75 Å². The number of carbonyl (C=O) groups is 1. The van der Waals surface area contributed by atoms with Gasteiger partial charge in [0.1, 0.15) is 12.4 Å². The van der Waals surface area contributed by atoms with E-state index in [0.29, 0.717) is 23.6 Å². The first-order valence-corrected chi connectivity index (χ1v) is 12.4. The Balaban J connectivity index is 1.69. The number of hydrogen-bond donors (Lipinski definition) is 1. The average molecular weight is 478 g/mol. The molecule has 3 rings (SSSR count). The van der Waals surface area contributed by atoms with Gasteiger partial charge in [-0.05, 0) is 60.0 Å². The summed E-state index contributed by atoms with van der Waals surface area (Å²) in [6, 6.07) is 21.3. The van der Waals surface area contributed by atoms with Gasteiger partial charge in [-0.2, -0.15) is 5.10 Å². The van der Waals surface area contributed by atoms with Crippen molar-refractivity contribution in [2.75, 3.05) is 17.2 Å². The van der Waals surface area contributed by atoms with Gasteiger partial charge >= 0.3 is 0 Å². The molecule has 0 aromatic heterocycles. The van der Waals surface area contributed by atoms with Crippen LogP contribution in [0.1, 0.15) is 27.0 Å². The number of hydrogen-bond acceptors (Lipinski definition) is 5. The van der Waals surface area contributed by atoms with Crippen molar-refractivity contribution in [2.24, 2.45) is 5.10 Å². The minimum absolute atomic E-state index is 0.205. The predicted molar refractivity (Wildman–Crippen MR) is 136 cm³/mol. The molecule has 0 aliphatic heterocycles. The fraction of sp³-hybridized carbons (Fsp3) is 0.154. The Kier molecular flexibility index (Phi) is 8.21. The second-order valence-electron chi connectivity index (χ2n) is 7.61. The highest BCUT2D eigenvalue weighted by Crippen LogP contribution is 2.22. The Morgan fingerprint density at radius 2 is 1.82 bits per heavy atom. The number of nitrogens with one attached hydrogen (secondary N) is 1. The lowest BCUT2D eigenvalue weighted by Crippen LogP contribution is -2.29. The summed E-state index contributed by atoms with van der Waals surface area (Å²) in [6.07, 6.45) is 4.34. The van der Waals surface area contributed by atoms with Crippen LogP contribution in [-0.2, 0) is 16.6 Å². The number of aryl methyl sites for hydroxylation is 1. The summed E-state index contributed by atoms with van der Waals surface area (Å²) in [5.41, 5.74) is 5.98. The maximum absolute atomic E-state index is 12.5. The van der Waals surface area contributed by atoms with Crippen LogP contribution in [-0.4, -0.2) is 33.4 Å². The molecule has 0 aliphatic rings. The summed E-state index contributed by atoms with van der Waals surface area (Å²) < 4.78 is 31.7. The maximum Gasteiger partial charge on any atom is 0.271 e. The molecule has 0 spiro atoms. The van der Waals surface area contributed by atoms with E-state index in [1.165, 1.54) is 10.5 Å². The van der Waals surface area contributed by atoms with Crippen molar-refractivity contribution in [1.29, 1.82) is 0 Å². The number of amides is 1. The molecule has 3 aromatic carbocycles. The quantitative estimate of drug-likeness (QED) is 0.268. The smallest absolute Gasteiger partial charge is 0.271 e.